The summed E-state index contributed by atoms with van der Waals surface area (Å²) in [5, 5.41) is 9.49. The number of hydrogen-bond donors (Lipinski definition) is 1. The number of halogens is 1. The van der Waals surface area contributed by atoms with Gasteiger partial charge in [-0.25, -0.2) is 4.79 Å². The third-order valence-corrected chi connectivity index (χ3v) is 5.70. The maximum atomic E-state index is 13.3. The van der Waals surface area contributed by atoms with Crippen molar-refractivity contribution >= 4 is 33.7 Å². The lowest BCUT2D eigenvalue weighted by molar-refractivity contribution is -0.138. The van der Waals surface area contributed by atoms with Crippen molar-refractivity contribution in [3.05, 3.63) is 56.8 Å². The topological polar surface area (TPSA) is 85.6 Å². The van der Waals surface area contributed by atoms with Crippen molar-refractivity contribution in [3.63, 3.8) is 0 Å². The van der Waals surface area contributed by atoms with E-state index in [0.29, 0.717) is 46.4 Å². The van der Waals surface area contributed by atoms with E-state index in [1.165, 1.54) is 6.07 Å². The summed E-state index contributed by atoms with van der Waals surface area (Å²) in [6.45, 7) is 4.38. The number of nitrogens with zero attached hydrogens (tertiary/aromatic N) is 1. The molecular formula is C20H20BrNO5. The van der Waals surface area contributed by atoms with Crippen molar-refractivity contribution in [1.29, 1.82) is 0 Å². The van der Waals surface area contributed by atoms with E-state index in [1.807, 2.05) is 6.92 Å². The van der Waals surface area contributed by atoms with Crippen LogP contribution in [-0.2, 0) is 22.5 Å². The Balaban J connectivity index is 2.08. The lowest BCUT2D eigenvalue weighted by atomic mass is 10.00. The third kappa shape index (κ3) is 3.32. The zero-order valence-electron chi connectivity index (χ0n) is 15.1. The molecule has 1 aromatic heterocycles. The van der Waals surface area contributed by atoms with E-state index >= 15 is 0 Å². The van der Waals surface area contributed by atoms with Gasteiger partial charge in [-0.3, -0.25) is 9.59 Å². The van der Waals surface area contributed by atoms with Crippen LogP contribution in [0.1, 0.15) is 63.9 Å². The summed E-state index contributed by atoms with van der Waals surface area (Å²) in [7, 11) is 0. The van der Waals surface area contributed by atoms with Gasteiger partial charge in [-0.05, 0) is 53.4 Å². The standard InChI is InChI=1S/C20H20BrNO5/c1-3-13-15(21)16-14(19(24)25)8-9-22(16)17(13)18(23)11-6-5-7-12(10-11)20(26)27-4-2/h5-7,10,14H,3-4,8-9H2,1-2H3,(H,24,25). The lowest BCUT2D eigenvalue weighted by Gasteiger charge is -2.09. The van der Waals surface area contributed by atoms with E-state index in [-0.39, 0.29) is 12.4 Å². The molecule has 2 aromatic rings. The highest BCUT2D eigenvalue weighted by Gasteiger charge is 2.37. The number of hydrogen-bond acceptors (Lipinski definition) is 4. The summed E-state index contributed by atoms with van der Waals surface area (Å²) in [5.74, 6) is -2.22. The molecule has 0 saturated heterocycles. The molecule has 3 rings (SSSR count). The molecule has 1 aromatic carbocycles. The van der Waals surface area contributed by atoms with Gasteiger partial charge in [0.05, 0.1) is 23.8 Å². The van der Waals surface area contributed by atoms with Crippen molar-refractivity contribution in [2.75, 3.05) is 6.61 Å². The van der Waals surface area contributed by atoms with Gasteiger partial charge >= 0.3 is 11.9 Å². The summed E-state index contributed by atoms with van der Waals surface area (Å²) in [4.78, 5) is 36.8. The van der Waals surface area contributed by atoms with Gasteiger partial charge in [0, 0.05) is 22.3 Å². The van der Waals surface area contributed by atoms with Gasteiger partial charge in [0.2, 0.25) is 5.78 Å². The Hall–Kier alpha value is -2.41. The van der Waals surface area contributed by atoms with Crippen LogP contribution in [0.4, 0.5) is 0 Å². The van der Waals surface area contributed by atoms with Gasteiger partial charge in [0.15, 0.2) is 0 Å². The minimum Gasteiger partial charge on any atom is -0.481 e. The van der Waals surface area contributed by atoms with Crippen LogP contribution in [0.3, 0.4) is 0 Å². The van der Waals surface area contributed by atoms with E-state index in [9.17, 15) is 19.5 Å². The SMILES string of the molecule is CCOC(=O)c1cccc(C(=O)c2c(CC)c(Br)c3n2CCC3C(=O)O)c1. The number of benzene rings is 1. The van der Waals surface area contributed by atoms with E-state index in [0.717, 1.165) is 5.56 Å². The first-order valence-corrected chi connectivity index (χ1v) is 9.65. The number of ether oxygens (including phenoxy) is 1. The fraction of sp³-hybridized carbons (Fsp3) is 0.350. The second-order valence-corrected chi connectivity index (χ2v) is 7.13. The molecular weight excluding hydrogens is 414 g/mol. The number of carbonyl (C=O) groups is 3. The smallest absolute Gasteiger partial charge is 0.338 e. The zero-order chi connectivity index (χ0) is 19.7. The summed E-state index contributed by atoms with van der Waals surface area (Å²) >= 11 is 3.51. The largest absolute Gasteiger partial charge is 0.481 e. The molecule has 1 aliphatic rings. The fourth-order valence-electron chi connectivity index (χ4n) is 3.59. The summed E-state index contributed by atoms with van der Waals surface area (Å²) in [6, 6.07) is 6.43. The molecule has 7 heteroatoms. The van der Waals surface area contributed by atoms with E-state index in [2.05, 4.69) is 15.9 Å². The number of esters is 1. The van der Waals surface area contributed by atoms with Crippen molar-refractivity contribution in [3.8, 4) is 0 Å². The van der Waals surface area contributed by atoms with Crippen molar-refractivity contribution < 1.29 is 24.2 Å². The van der Waals surface area contributed by atoms with E-state index < -0.39 is 17.9 Å². The molecule has 0 aliphatic carbocycles. The molecule has 0 amide bonds. The number of fused-ring (bicyclic) bond motifs is 1. The molecule has 6 nitrogen and oxygen atoms in total. The van der Waals surface area contributed by atoms with Crippen molar-refractivity contribution in [2.45, 2.75) is 39.2 Å². The normalized spacial score (nSPS) is 15.4. The molecule has 1 N–H and O–H groups in total. The zero-order valence-corrected chi connectivity index (χ0v) is 16.7. The first kappa shape index (κ1) is 19.4. The predicted molar refractivity (Wildman–Crippen MR) is 102 cm³/mol. The van der Waals surface area contributed by atoms with Crippen molar-refractivity contribution in [1.82, 2.24) is 4.57 Å². The maximum absolute atomic E-state index is 13.3. The lowest BCUT2D eigenvalue weighted by Crippen LogP contribution is -2.13. The Labute approximate surface area is 165 Å². The molecule has 1 atom stereocenters. The van der Waals surface area contributed by atoms with Gasteiger partial charge < -0.3 is 14.4 Å². The number of aliphatic carboxylic acids is 1. The van der Waals surface area contributed by atoms with Crippen molar-refractivity contribution in [2.24, 2.45) is 0 Å². The molecule has 0 spiro atoms. The summed E-state index contributed by atoms with van der Waals surface area (Å²) < 4.78 is 7.50. The average molecular weight is 434 g/mol. The Morgan fingerprint density at radius 1 is 1.26 bits per heavy atom. The first-order chi connectivity index (χ1) is 12.9. The maximum Gasteiger partial charge on any atom is 0.338 e. The second kappa shape index (κ2) is 7.68. The predicted octanol–water partition coefficient (Wildman–Crippen LogP) is 3.79. The first-order valence-electron chi connectivity index (χ1n) is 8.86. The second-order valence-electron chi connectivity index (χ2n) is 6.34. The molecule has 0 radical (unpaired) electrons. The molecule has 142 valence electrons. The van der Waals surface area contributed by atoms with Crippen LogP contribution in [0.15, 0.2) is 28.7 Å². The Morgan fingerprint density at radius 3 is 2.59 bits per heavy atom. The number of rotatable bonds is 6. The molecule has 1 aliphatic heterocycles. The number of aromatic nitrogens is 1. The highest BCUT2D eigenvalue weighted by Crippen LogP contribution is 2.41. The van der Waals surface area contributed by atoms with E-state index in [1.54, 1.807) is 29.7 Å². The van der Waals surface area contributed by atoms with Crippen LogP contribution in [0, 0.1) is 0 Å². The molecule has 1 unspecified atom stereocenters. The third-order valence-electron chi connectivity index (χ3n) is 4.81. The van der Waals surface area contributed by atoms with Gasteiger partial charge in [-0.15, -0.1) is 0 Å². The average Bonchev–Trinajstić information content (AvgIpc) is 3.20. The fourth-order valence-corrected chi connectivity index (χ4v) is 4.55. The van der Waals surface area contributed by atoms with E-state index in [4.69, 9.17) is 4.74 Å². The number of carbonyl (C=O) groups excluding carboxylic acids is 2. The Morgan fingerprint density at radius 2 is 1.96 bits per heavy atom. The molecule has 0 fully saturated rings. The minimum atomic E-state index is -0.891. The summed E-state index contributed by atoms with van der Waals surface area (Å²) in [6.07, 6.45) is 1.04. The highest BCUT2D eigenvalue weighted by atomic mass is 79.9. The summed E-state index contributed by atoms with van der Waals surface area (Å²) in [5.41, 5.74) is 2.62. The van der Waals surface area contributed by atoms with Crippen LogP contribution in [-0.4, -0.2) is 34.0 Å². The molecule has 0 saturated carbocycles. The van der Waals surface area contributed by atoms with Gasteiger partial charge in [0.25, 0.3) is 0 Å². The number of carboxylic acids is 1. The van der Waals surface area contributed by atoms with Crippen LogP contribution >= 0.6 is 15.9 Å². The van der Waals surface area contributed by atoms with Crippen LogP contribution in [0.25, 0.3) is 0 Å². The van der Waals surface area contributed by atoms with Crippen LogP contribution in [0.2, 0.25) is 0 Å². The van der Waals surface area contributed by atoms with Crippen LogP contribution in [0.5, 0.6) is 0 Å². The van der Waals surface area contributed by atoms with Gasteiger partial charge in [-0.1, -0.05) is 19.1 Å². The van der Waals surface area contributed by atoms with Gasteiger partial charge in [-0.2, -0.15) is 0 Å². The Bertz CT molecular complexity index is 931. The molecule has 0 bridgehead atoms. The molecule has 2 heterocycles. The Kier molecular flexibility index (Phi) is 5.51. The number of carboxylic acid groups (broad SMARTS) is 1. The quantitative estimate of drug-likeness (QED) is 0.553. The molecule has 27 heavy (non-hydrogen) atoms. The number of ketones is 1. The monoisotopic (exact) mass is 433 g/mol. The van der Waals surface area contributed by atoms with Gasteiger partial charge in [0.1, 0.15) is 0 Å². The minimum absolute atomic E-state index is 0.226. The highest BCUT2D eigenvalue weighted by molar-refractivity contribution is 9.10. The van der Waals surface area contributed by atoms with Crippen LogP contribution < -0.4 is 0 Å².